The van der Waals surface area contributed by atoms with Crippen LogP contribution < -0.4 is 24.8 Å². The van der Waals surface area contributed by atoms with Crippen LogP contribution in [0.3, 0.4) is 0 Å². The maximum Gasteiger partial charge on any atom is 0.251 e. The molecule has 33 heavy (non-hydrogen) atoms. The zero-order chi connectivity index (χ0) is 23.4. The molecule has 0 saturated heterocycles. The van der Waals surface area contributed by atoms with Gasteiger partial charge in [-0.15, -0.1) is 0 Å². The molecule has 0 fully saturated rings. The van der Waals surface area contributed by atoms with E-state index < -0.39 is 16.2 Å². The van der Waals surface area contributed by atoms with E-state index in [9.17, 15) is 13.2 Å². The molecule has 1 amide bonds. The van der Waals surface area contributed by atoms with Crippen molar-refractivity contribution in [1.82, 2.24) is 10.0 Å². The van der Waals surface area contributed by atoms with Gasteiger partial charge in [0.2, 0.25) is 10.0 Å². The molecule has 3 aromatic rings. The number of para-hydroxylation sites is 1. The van der Waals surface area contributed by atoms with Crippen LogP contribution in [0.2, 0.25) is 0 Å². The van der Waals surface area contributed by atoms with Crippen LogP contribution in [0, 0.1) is 0 Å². The van der Waals surface area contributed by atoms with Crippen LogP contribution in [-0.4, -0.2) is 35.1 Å². The Morgan fingerprint density at radius 1 is 0.970 bits per heavy atom. The van der Waals surface area contributed by atoms with Crippen LogP contribution in [-0.2, 0) is 16.4 Å². The molecule has 0 aromatic heterocycles. The van der Waals surface area contributed by atoms with Crippen molar-refractivity contribution in [1.29, 1.82) is 0 Å². The Morgan fingerprint density at radius 3 is 2.42 bits per heavy atom. The van der Waals surface area contributed by atoms with E-state index in [1.165, 1.54) is 0 Å². The fraction of sp³-hybridized carbons (Fsp3) is 0.208. The third-order valence-electron chi connectivity index (χ3n) is 5.40. The normalized spacial score (nSPS) is 16.2. The average molecular weight is 468 g/mol. The second-order valence-electron chi connectivity index (χ2n) is 7.51. The van der Waals surface area contributed by atoms with Gasteiger partial charge in [0.1, 0.15) is 11.1 Å². The molecule has 4 rings (SSSR count). The molecule has 1 heterocycles. The van der Waals surface area contributed by atoms with E-state index in [2.05, 4.69) is 15.4 Å². The third-order valence-corrected chi connectivity index (χ3v) is 6.88. The Labute approximate surface area is 193 Å². The van der Waals surface area contributed by atoms with Crippen molar-refractivity contribution in [2.45, 2.75) is 17.5 Å². The number of ether oxygens (including phenoxy) is 2. The zero-order valence-electron chi connectivity index (χ0n) is 18.3. The minimum atomic E-state index is -3.62. The number of anilines is 1. The van der Waals surface area contributed by atoms with Gasteiger partial charge in [-0.05, 0) is 53.9 Å². The van der Waals surface area contributed by atoms with Gasteiger partial charge in [0, 0.05) is 12.1 Å². The maximum atomic E-state index is 12.5. The first-order valence-corrected chi connectivity index (χ1v) is 11.9. The molecule has 0 radical (unpaired) electrons. The molecule has 0 unspecified atom stereocenters. The van der Waals surface area contributed by atoms with Crippen molar-refractivity contribution < 1.29 is 22.7 Å². The molecular formula is C24H25N3O5S. The van der Waals surface area contributed by atoms with E-state index in [0.717, 1.165) is 5.56 Å². The topological polar surface area (TPSA) is 106 Å². The molecular weight excluding hydrogens is 442 g/mol. The SMILES string of the molecule is COc1ccc(CCNC(=O)c2ccc([C@H]3Nc4ccccc4S(=O)(=O)N3)cc2)cc1OC. The van der Waals surface area contributed by atoms with E-state index in [4.69, 9.17) is 9.47 Å². The number of fused-ring (bicyclic) bond motifs is 1. The van der Waals surface area contributed by atoms with Crippen LogP contribution >= 0.6 is 0 Å². The number of carbonyl (C=O) groups is 1. The highest BCUT2D eigenvalue weighted by Gasteiger charge is 2.29. The van der Waals surface area contributed by atoms with Gasteiger partial charge in [-0.1, -0.05) is 30.3 Å². The fourth-order valence-corrected chi connectivity index (χ4v) is 4.97. The summed E-state index contributed by atoms with van der Waals surface area (Å²) in [6.45, 7) is 0.455. The van der Waals surface area contributed by atoms with E-state index in [1.54, 1.807) is 62.8 Å². The second kappa shape index (κ2) is 9.51. The standard InChI is InChI=1S/C24H25N3O5S/c1-31-20-12-7-16(15-21(20)32-2)13-14-25-24(28)18-10-8-17(9-11-18)23-26-19-5-3-4-6-22(19)33(29,30)27-23/h3-12,15,23,26-27H,13-14H2,1-2H3,(H,25,28)/t23-/m0/s1. The van der Waals surface area contributed by atoms with E-state index in [0.29, 0.717) is 41.3 Å². The molecule has 1 aliphatic rings. The number of sulfonamides is 1. The van der Waals surface area contributed by atoms with Crippen LogP contribution in [0.25, 0.3) is 0 Å². The van der Waals surface area contributed by atoms with E-state index in [-0.39, 0.29) is 10.8 Å². The monoisotopic (exact) mass is 467 g/mol. The minimum Gasteiger partial charge on any atom is -0.493 e. The van der Waals surface area contributed by atoms with Gasteiger partial charge in [-0.2, -0.15) is 4.72 Å². The number of nitrogens with one attached hydrogen (secondary N) is 3. The lowest BCUT2D eigenvalue weighted by Crippen LogP contribution is -2.38. The summed E-state index contributed by atoms with van der Waals surface area (Å²) >= 11 is 0. The van der Waals surface area contributed by atoms with Gasteiger partial charge in [0.25, 0.3) is 5.91 Å². The van der Waals surface area contributed by atoms with Crippen molar-refractivity contribution in [2.75, 3.05) is 26.1 Å². The number of hydrogen-bond donors (Lipinski definition) is 3. The summed E-state index contributed by atoms with van der Waals surface area (Å²) in [6, 6.07) is 19.2. The Morgan fingerprint density at radius 2 is 1.70 bits per heavy atom. The van der Waals surface area contributed by atoms with E-state index in [1.807, 2.05) is 18.2 Å². The minimum absolute atomic E-state index is 0.204. The van der Waals surface area contributed by atoms with Gasteiger partial charge in [-0.25, -0.2) is 8.42 Å². The molecule has 1 atom stereocenters. The van der Waals surface area contributed by atoms with Gasteiger partial charge < -0.3 is 20.1 Å². The molecule has 172 valence electrons. The summed E-state index contributed by atoms with van der Waals surface area (Å²) in [5.41, 5.74) is 2.75. The Hall–Kier alpha value is -3.56. The Balaban J connectivity index is 1.37. The van der Waals surface area contributed by atoms with Gasteiger partial charge in [-0.3, -0.25) is 4.79 Å². The maximum absolute atomic E-state index is 12.5. The summed E-state index contributed by atoms with van der Waals surface area (Å²) < 4.78 is 38.2. The molecule has 3 N–H and O–H groups in total. The number of hydrogen-bond acceptors (Lipinski definition) is 6. The fourth-order valence-electron chi connectivity index (χ4n) is 3.66. The molecule has 3 aromatic carbocycles. The van der Waals surface area contributed by atoms with Crippen molar-refractivity contribution in [3.05, 3.63) is 83.4 Å². The first-order valence-electron chi connectivity index (χ1n) is 10.4. The Kier molecular flexibility index (Phi) is 6.52. The summed E-state index contributed by atoms with van der Waals surface area (Å²) in [4.78, 5) is 12.7. The largest absolute Gasteiger partial charge is 0.493 e. The zero-order valence-corrected chi connectivity index (χ0v) is 19.1. The van der Waals surface area contributed by atoms with Gasteiger partial charge in [0.05, 0.1) is 19.9 Å². The van der Waals surface area contributed by atoms with Crippen LogP contribution in [0.4, 0.5) is 5.69 Å². The summed E-state index contributed by atoms with van der Waals surface area (Å²) in [5, 5.41) is 6.08. The van der Waals surface area contributed by atoms with Crippen LogP contribution in [0.1, 0.15) is 27.7 Å². The van der Waals surface area contributed by atoms with Gasteiger partial charge >= 0.3 is 0 Å². The first-order chi connectivity index (χ1) is 15.9. The molecule has 0 spiro atoms. The highest BCUT2D eigenvalue weighted by Crippen LogP contribution is 2.31. The molecule has 0 aliphatic carbocycles. The van der Waals surface area contributed by atoms with Crippen molar-refractivity contribution in [3.8, 4) is 11.5 Å². The third kappa shape index (κ3) is 4.94. The highest BCUT2D eigenvalue weighted by molar-refractivity contribution is 7.89. The van der Waals surface area contributed by atoms with Gasteiger partial charge in [0.15, 0.2) is 11.5 Å². The summed E-state index contributed by atoms with van der Waals surface area (Å²) in [5.74, 6) is 1.10. The lowest BCUT2D eigenvalue weighted by Gasteiger charge is -2.28. The van der Waals surface area contributed by atoms with Crippen LogP contribution in [0.5, 0.6) is 11.5 Å². The lowest BCUT2D eigenvalue weighted by molar-refractivity contribution is 0.0954. The number of amides is 1. The van der Waals surface area contributed by atoms with Crippen molar-refractivity contribution in [3.63, 3.8) is 0 Å². The van der Waals surface area contributed by atoms with E-state index >= 15 is 0 Å². The molecule has 1 aliphatic heterocycles. The molecule has 0 saturated carbocycles. The predicted molar refractivity (Wildman–Crippen MR) is 125 cm³/mol. The number of methoxy groups -OCH3 is 2. The average Bonchev–Trinajstić information content (AvgIpc) is 2.83. The highest BCUT2D eigenvalue weighted by atomic mass is 32.2. The quantitative estimate of drug-likeness (QED) is 0.493. The number of carbonyl (C=O) groups excluding carboxylic acids is 1. The molecule has 8 nitrogen and oxygen atoms in total. The smallest absolute Gasteiger partial charge is 0.251 e. The second-order valence-corrected chi connectivity index (χ2v) is 9.19. The predicted octanol–water partition coefficient (Wildman–Crippen LogP) is 3.08. The Bertz CT molecular complexity index is 1260. The summed E-state index contributed by atoms with van der Waals surface area (Å²) in [7, 11) is -0.455. The number of rotatable bonds is 7. The molecule has 9 heteroatoms. The first kappa shape index (κ1) is 22.6. The van der Waals surface area contributed by atoms with Crippen molar-refractivity contribution >= 4 is 21.6 Å². The lowest BCUT2D eigenvalue weighted by atomic mass is 10.1. The molecule has 0 bridgehead atoms. The van der Waals surface area contributed by atoms with Crippen molar-refractivity contribution in [2.24, 2.45) is 0 Å². The van der Waals surface area contributed by atoms with Crippen LogP contribution in [0.15, 0.2) is 71.6 Å². The number of benzene rings is 3. The summed E-state index contributed by atoms with van der Waals surface area (Å²) in [6.07, 6.45) is 0.0178.